The standard InChI is InChI=1S/C18H30O3S/c1-3-5-7-9-13-17-14-10-11-15-18(17)22(19,20)21-16-12-8-6-4-2/h10-11,14-15H,3-9,12-13,16H2,1-2H3. The molecule has 0 unspecified atom stereocenters. The number of hydrogen-bond donors (Lipinski definition) is 0. The normalized spacial score (nSPS) is 11.7. The SMILES string of the molecule is CCCCCCOS(=O)(=O)c1ccccc1CCCCCC. The number of rotatable bonds is 12. The molecule has 1 aromatic carbocycles. The molecule has 3 nitrogen and oxygen atoms in total. The first-order chi connectivity index (χ1) is 10.6. The zero-order valence-electron chi connectivity index (χ0n) is 14.0. The number of benzene rings is 1. The number of unbranched alkanes of at least 4 members (excludes halogenated alkanes) is 6. The van der Waals surface area contributed by atoms with Crippen LogP contribution in [0.1, 0.15) is 70.8 Å². The maximum Gasteiger partial charge on any atom is 0.297 e. The molecule has 0 radical (unpaired) electrons. The van der Waals surface area contributed by atoms with Crippen LogP contribution in [0.25, 0.3) is 0 Å². The minimum atomic E-state index is -3.62. The maximum atomic E-state index is 12.4. The first-order valence-electron chi connectivity index (χ1n) is 8.59. The van der Waals surface area contributed by atoms with Crippen LogP contribution in [-0.4, -0.2) is 15.0 Å². The van der Waals surface area contributed by atoms with Crippen LogP contribution >= 0.6 is 0 Å². The van der Waals surface area contributed by atoms with Crippen LogP contribution in [0.4, 0.5) is 0 Å². The van der Waals surface area contributed by atoms with E-state index in [1.807, 2.05) is 12.1 Å². The lowest BCUT2D eigenvalue weighted by Gasteiger charge is -2.10. The number of aryl methyl sites for hydroxylation is 1. The molecule has 0 atom stereocenters. The van der Waals surface area contributed by atoms with E-state index < -0.39 is 10.1 Å². The molecule has 4 heteroatoms. The van der Waals surface area contributed by atoms with Gasteiger partial charge in [0.25, 0.3) is 10.1 Å². The molecule has 1 aromatic rings. The van der Waals surface area contributed by atoms with Crippen LogP contribution in [-0.2, 0) is 20.7 Å². The summed E-state index contributed by atoms with van der Waals surface area (Å²) in [6.45, 7) is 4.59. The number of hydrogen-bond acceptors (Lipinski definition) is 3. The second-order valence-electron chi connectivity index (χ2n) is 5.76. The van der Waals surface area contributed by atoms with Gasteiger partial charge < -0.3 is 0 Å². The van der Waals surface area contributed by atoms with Crippen LogP contribution in [0, 0.1) is 0 Å². The van der Waals surface area contributed by atoms with E-state index in [0.29, 0.717) is 4.90 Å². The quantitative estimate of drug-likeness (QED) is 0.397. The smallest absolute Gasteiger partial charge is 0.266 e. The van der Waals surface area contributed by atoms with Gasteiger partial charge >= 0.3 is 0 Å². The highest BCUT2D eigenvalue weighted by Crippen LogP contribution is 2.20. The molecule has 0 amide bonds. The first kappa shape index (κ1) is 19.2. The molecule has 126 valence electrons. The summed E-state index contributed by atoms with van der Waals surface area (Å²) < 4.78 is 29.9. The Bertz CT molecular complexity index is 509. The van der Waals surface area contributed by atoms with E-state index in [9.17, 15) is 8.42 Å². The van der Waals surface area contributed by atoms with Gasteiger partial charge in [0.15, 0.2) is 0 Å². The zero-order valence-corrected chi connectivity index (χ0v) is 14.8. The van der Waals surface area contributed by atoms with Gasteiger partial charge in [0.05, 0.1) is 11.5 Å². The predicted octanol–water partition coefficient (Wildman–Crippen LogP) is 5.10. The lowest BCUT2D eigenvalue weighted by Crippen LogP contribution is -2.10. The fourth-order valence-corrected chi connectivity index (χ4v) is 3.66. The van der Waals surface area contributed by atoms with Crippen LogP contribution < -0.4 is 0 Å². The molecule has 1 rings (SSSR count). The van der Waals surface area contributed by atoms with E-state index in [4.69, 9.17) is 4.18 Å². The van der Waals surface area contributed by atoms with Gasteiger partial charge in [0.1, 0.15) is 0 Å². The van der Waals surface area contributed by atoms with Crippen molar-refractivity contribution in [1.29, 1.82) is 0 Å². The van der Waals surface area contributed by atoms with E-state index >= 15 is 0 Å². The molecule has 0 aliphatic carbocycles. The molecule has 0 saturated carbocycles. The van der Waals surface area contributed by atoms with E-state index in [2.05, 4.69) is 13.8 Å². The molecule has 0 heterocycles. The Morgan fingerprint density at radius 2 is 1.50 bits per heavy atom. The van der Waals surface area contributed by atoms with Crippen molar-refractivity contribution in [3.63, 3.8) is 0 Å². The average Bonchev–Trinajstić information content (AvgIpc) is 2.52. The Morgan fingerprint density at radius 1 is 0.864 bits per heavy atom. The maximum absolute atomic E-state index is 12.4. The summed E-state index contributed by atoms with van der Waals surface area (Å²) in [5, 5.41) is 0. The van der Waals surface area contributed by atoms with E-state index in [0.717, 1.165) is 50.5 Å². The summed E-state index contributed by atoms with van der Waals surface area (Å²) in [7, 11) is -3.62. The van der Waals surface area contributed by atoms with Crippen LogP contribution in [0.3, 0.4) is 0 Å². The van der Waals surface area contributed by atoms with Crippen molar-refractivity contribution in [3.05, 3.63) is 29.8 Å². The second kappa shape index (κ2) is 10.8. The average molecular weight is 327 g/mol. The molecule has 0 spiro atoms. The predicted molar refractivity (Wildman–Crippen MR) is 91.6 cm³/mol. The highest BCUT2D eigenvalue weighted by molar-refractivity contribution is 7.86. The molecular weight excluding hydrogens is 296 g/mol. The summed E-state index contributed by atoms with van der Waals surface area (Å²) in [5.41, 5.74) is 0.882. The van der Waals surface area contributed by atoms with Gasteiger partial charge in [0, 0.05) is 0 Å². The van der Waals surface area contributed by atoms with Gasteiger partial charge in [-0.05, 0) is 30.9 Å². The lowest BCUT2D eigenvalue weighted by atomic mass is 10.1. The molecular formula is C18H30O3S. The zero-order chi connectivity index (χ0) is 16.3. The van der Waals surface area contributed by atoms with Gasteiger partial charge in [-0.15, -0.1) is 0 Å². The summed E-state index contributed by atoms with van der Waals surface area (Å²) in [6.07, 6.45) is 9.42. The Morgan fingerprint density at radius 3 is 2.18 bits per heavy atom. The third-order valence-corrected chi connectivity index (χ3v) is 5.19. The molecule has 0 bridgehead atoms. The minimum absolute atomic E-state index is 0.284. The summed E-state index contributed by atoms with van der Waals surface area (Å²) in [6, 6.07) is 7.23. The Kier molecular flexibility index (Phi) is 9.41. The lowest BCUT2D eigenvalue weighted by molar-refractivity contribution is 0.306. The highest BCUT2D eigenvalue weighted by Gasteiger charge is 2.18. The van der Waals surface area contributed by atoms with E-state index in [-0.39, 0.29) is 6.61 Å². The summed E-state index contributed by atoms with van der Waals surface area (Å²) in [4.78, 5) is 0.349. The van der Waals surface area contributed by atoms with Crippen LogP contribution in [0.15, 0.2) is 29.2 Å². The summed E-state index contributed by atoms with van der Waals surface area (Å²) >= 11 is 0. The summed E-state index contributed by atoms with van der Waals surface area (Å²) in [5.74, 6) is 0. The van der Waals surface area contributed by atoms with Crippen molar-refractivity contribution >= 4 is 10.1 Å². The fourth-order valence-electron chi connectivity index (χ4n) is 2.46. The largest absolute Gasteiger partial charge is 0.297 e. The van der Waals surface area contributed by atoms with Gasteiger partial charge in [-0.25, -0.2) is 0 Å². The van der Waals surface area contributed by atoms with Crippen molar-refractivity contribution in [1.82, 2.24) is 0 Å². The van der Waals surface area contributed by atoms with Crippen LogP contribution in [0.2, 0.25) is 0 Å². The minimum Gasteiger partial charge on any atom is -0.266 e. The molecule has 0 N–H and O–H groups in total. The van der Waals surface area contributed by atoms with Crippen LogP contribution in [0.5, 0.6) is 0 Å². The van der Waals surface area contributed by atoms with Crippen molar-refractivity contribution in [2.45, 2.75) is 76.5 Å². The Balaban J connectivity index is 2.60. The topological polar surface area (TPSA) is 43.4 Å². The molecule has 0 fully saturated rings. The van der Waals surface area contributed by atoms with Gasteiger partial charge in [-0.1, -0.05) is 70.6 Å². The third kappa shape index (κ3) is 6.93. The monoisotopic (exact) mass is 326 g/mol. The third-order valence-electron chi connectivity index (χ3n) is 3.78. The molecule has 22 heavy (non-hydrogen) atoms. The fraction of sp³-hybridized carbons (Fsp3) is 0.667. The Hall–Kier alpha value is -0.870. The second-order valence-corrected chi connectivity index (χ2v) is 7.34. The molecule has 0 aliphatic rings. The van der Waals surface area contributed by atoms with Crippen molar-refractivity contribution in [2.24, 2.45) is 0 Å². The van der Waals surface area contributed by atoms with Gasteiger partial charge in [-0.2, -0.15) is 8.42 Å². The van der Waals surface area contributed by atoms with Crippen molar-refractivity contribution in [3.8, 4) is 0 Å². The molecule has 0 aliphatic heterocycles. The van der Waals surface area contributed by atoms with Gasteiger partial charge in [0.2, 0.25) is 0 Å². The first-order valence-corrected chi connectivity index (χ1v) is 10.00. The molecule has 0 aromatic heterocycles. The van der Waals surface area contributed by atoms with E-state index in [1.165, 1.54) is 12.8 Å². The van der Waals surface area contributed by atoms with Crippen molar-refractivity contribution in [2.75, 3.05) is 6.61 Å². The van der Waals surface area contributed by atoms with E-state index in [1.54, 1.807) is 12.1 Å². The molecule has 0 saturated heterocycles. The highest BCUT2D eigenvalue weighted by atomic mass is 32.2. The van der Waals surface area contributed by atoms with Gasteiger partial charge in [-0.3, -0.25) is 4.18 Å². The van der Waals surface area contributed by atoms with Crippen molar-refractivity contribution < 1.29 is 12.6 Å². The Labute approximate surface area is 136 Å².